The highest BCUT2D eigenvalue weighted by molar-refractivity contribution is 7.89. The number of hydrogen-bond acceptors (Lipinski definition) is 6. The lowest BCUT2D eigenvalue weighted by Crippen LogP contribution is -2.28. The first-order valence-electron chi connectivity index (χ1n) is 5.77. The van der Waals surface area contributed by atoms with E-state index in [2.05, 4.69) is 22.3 Å². The Balaban J connectivity index is 2.77. The third kappa shape index (κ3) is 3.62. The molecule has 1 rings (SSSR count). The van der Waals surface area contributed by atoms with Crippen molar-refractivity contribution in [2.75, 3.05) is 19.0 Å². The smallest absolute Gasteiger partial charge is 0.245 e. The van der Waals surface area contributed by atoms with Gasteiger partial charge in [0.15, 0.2) is 0 Å². The van der Waals surface area contributed by atoms with Crippen molar-refractivity contribution in [3.8, 4) is 0 Å². The molecule has 0 aliphatic heterocycles. The maximum atomic E-state index is 12.1. The molecule has 0 aliphatic carbocycles. The summed E-state index contributed by atoms with van der Waals surface area (Å²) in [6.45, 7) is 2.56. The molecule has 0 saturated carbocycles. The molecule has 0 fully saturated rings. The molecule has 7 nitrogen and oxygen atoms in total. The highest BCUT2D eigenvalue weighted by atomic mass is 32.2. The predicted octanol–water partition coefficient (Wildman–Crippen LogP) is 0.573. The number of aromatic nitrogens is 2. The number of sulfonamides is 1. The molecule has 102 valence electrons. The minimum absolute atomic E-state index is 0.0699. The van der Waals surface area contributed by atoms with Crippen LogP contribution in [0.3, 0.4) is 0 Å². The van der Waals surface area contributed by atoms with Gasteiger partial charge in [-0.25, -0.2) is 28.5 Å². The van der Waals surface area contributed by atoms with Crippen LogP contribution in [0.2, 0.25) is 0 Å². The predicted molar refractivity (Wildman–Crippen MR) is 69.2 cm³/mol. The molecule has 1 aromatic rings. The number of anilines is 1. The first-order valence-corrected chi connectivity index (χ1v) is 7.21. The molecule has 0 saturated heterocycles. The Labute approximate surface area is 107 Å². The van der Waals surface area contributed by atoms with Crippen LogP contribution in [0.25, 0.3) is 0 Å². The van der Waals surface area contributed by atoms with Crippen LogP contribution in [-0.4, -0.2) is 36.3 Å². The van der Waals surface area contributed by atoms with Crippen LogP contribution in [0, 0.1) is 0 Å². The normalized spacial score (nSPS) is 11.8. The number of hydrazine groups is 1. The SMILES string of the molecule is CCCCCN(C)S(=O)(=O)c1cnc(NN)nc1. The van der Waals surface area contributed by atoms with Gasteiger partial charge in [0.1, 0.15) is 4.90 Å². The molecule has 0 bridgehead atoms. The van der Waals surface area contributed by atoms with E-state index in [0.717, 1.165) is 19.3 Å². The van der Waals surface area contributed by atoms with E-state index in [1.807, 2.05) is 0 Å². The molecule has 0 unspecified atom stereocenters. The molecule has 18 heavy (non-hydrogen) atoms. The van der Waals surface area contributed by atoms with Crippen LogP contribution in [0.15, 0.2) is 17.3 Å². The average molecular weight is 273 g/mol. The summed E-state index contributed by atoms with van der Waals surface area (Å²) in [6, 6.07) is 0. The lowest BCUT2D eigenvalue weighted by Gasteiger charge is -2.16. The number of nitrogens with two attached hydrogens (primary N) is 1. The van der Waals surface area contributed by atoms with Crippen LogP contribution in [0.1, 0.15) is 26.2 Å². The van der Waals surface area contributed by atoms with Crippen molar-refractivity contribution < 1.29 is 8.42 Å². The zero-order chi connectivity index (χ0) is 13.6. The molecule has 0 spiro atoms. The maximum absolute atomic E-state index is 12.1. The third-order valence-corrected chi connectivity index (χ3v) is 4.35. The summed E-state index contributed by atoms with van der Waals surface area (Å²) >= 11 is 0. The van der Waals surface area contributed by atoms with Crippen LogP contribution >= 0.6 is 0 Å². The Morgan fingerprint density at radius 2 is 1.94 bits per heavy atom. The largest absolute Gasteiger partial charge is 0.292 e. The maximum Gasteiger partial charge on any atom is 0.245 e. The number of nitrogens with one attached hydrogen (secondary N) is 1. The lowest BCUT2D eigenvalue weighted by molar-refractivity contribution is 0.454. The first kappa shape index (κ1) is 14.8. The summed E-state index contributed by atoms with van der Waals surface area (Å²) in [6.07, 6.45) is 5.39. The molecular formula is C10H19N5O2S. The third-order valence-electron chi connectivity index (χ3n) is 2.54. The standard InChI is InChI=1S/C10H19N5O2S/c1-3-4-5-6-15(2)18(16,17)9-7-12-10(14-11)13-8-9/h7-8H,3-6,11H2,1-2H3,(H,12,13,14). The van der Waals surface area contributed by atoms with Gasteiger partial charge in [0, 0.05) is 13.6 Å². The summed E-state index contributed by atoms with van der Waals surface area (Å²) in [5.74, 6) is 5.30. The zero-order valence-corrected chi connectivity index (χ0v) is 11.4. The minimum atomic E-state index is -3.50. The molecule has 0 radical (unpaired) electrons. The summed E-state index contributed by atoms with van der Waals surface area (Å²) in [7, 11) is -1.95. The molecule has 3 N–H and O–H groups in total. The number of hydrogen-bond donors (Lipinski definition) is 2. The van der Waals surface area contributed by atoms with Crippen molar-refractivity contribution in [1.82, 2.24) is 14.3 Å². The van der Waals surface area contributed by atoms with Gasteiger partial charge in [0.25, 0.3) is 0 Å². The summed E-state index contributed by atoms with van der Waals surface area (Å²) < 4.78 is 25.6. The first-order chi connectivity index (χ1) is 8.52. The Kier molecular flexibility index (Phi) is 5.45. The van der Waals surface area contributed by atoms with Crippen molar-refractivity contribution in [3.05, 3.63) is 12.4 Å². The van der Waals surface area contributed by atoms with Gasteiger partial charge in [-0.3, -0.25) is 5.43 Å². The van der Waals surface area contributed by atoms with Crippen LogP contribution in [-0.2, 0) is 10.0 Å². The van der Waals surface area contributed by atoms with Gasteiger partial charge in [-0.05, 0) is 6.42 Å². The fourth-order valence-electron chi connectivity index (χ4n) is 1.41. The second-order valence-electron chi connectivity index (χ2n) is 3.92. The molecule has 8 heteroatoms. The monoisotopic (exact) mass is 273 g/mol. The molecule has 0 aromatic carbocycles. The Morgan fingerprint density at radius 3 is 2.44 bits per heavy atom. The number of nitrogens with zero attached hydrogens (tertiary/aromatic N) is 3. The van der Waals surface area contributed by atoms with Crippen molar-refractivity contribution in [2.45, 2.75) is 31.1 Å². The average Bonchev–Trinajstić information content (AvgIpc) is 2.39. The van der Waals surface area contributed by atoms with E-state index in [1.54, 1.807) is 7.05 Å². The van der Waals surface area contributed by atoms with Gasteiger partial charge in [0.05, 0.1) is 12.4 Å². The van der Waals surface area contributed by atoms with Gasteiger partial charge < -0.3 is 0 Å². The summed E-state index contributed by atoms with van der Waals surface area (Å²) in [5.41, 5.74) is 2.25. The van der Waals surface area contributed by atoms with Crippen molar-refractivity contribution in [1.29, 1.82) is 0 Å². The quantitative estimate of drug-likeness (QED) is 0.428. The fraction of sp³-hybridized carbons (Fsp3) is 0.600. The highest BCUT2D eigenvalue weighted by Gasteiger charge is 2.21. The van der Waals surface area contributed by atoms with Crippen molar-refractivity contribution in [3.63, 3.8) is 0 Å². The van der Waals surface area contributed by atoms with E-state index in [4.69, 9.17) is 5.84 Å². The Morgan fingerprint density at radius 1 is 1.33 bits per heavy atom. The molecule has 1 aromatic heterocycles. The van der Waals surface area contributed by atoms with Gasteiger partial charge in [-0.15, -0.1) is 0 Å². The van der Waals surface area contributed by atoms with E-state index in [9.17, 15) is 8.42 Å². The van der Waals surface area contributed by atoms with Crippen molar-refractivity contribution in [2.24, 2.45) is 5.84 Å². The number of unbranched alkanes of at least 4 members (excludes halogenated alkanes) is 2. The fourth-order valence-corrected chi connectivity index (χ4v) is 2.51. The number of nitrogen functional groups attached to an aromatic ring is 1. The van der Waals surface area contributed by atoms with E-state index >= 15 is 0 Å². The second-order valence-corrected chi connectivity index (χ2v) is 5.97. The molecule has 1 heterocycles. The molecule has 0 aliphatic rings. The highest BCUT2D eigenvalue weighted by Crippen LogP contribution is 2.13. The molecule has 0 atom stereocenters. The van der Waals surface area contributed by atoms with Gasteiger partial charge in [0.2, 0.25) is 16.0 Å². The molecular weight excluding hydrogens is 254 g/mol. The summed E-state index contributed by atoms with van der Waals surface area (Å²) in [4.78, 5) is 7.65. The number of rotatable bonds is 7. The Bertz CT molecular complexity index is 460. The Hall–Kier alpha value is -1.25. The van der Waals surface area contributed by atoms with Crippen LogP contribution in [0.4, 0.5) is 5.95 Å². The minimum Gasteiger partial charge on any atom is -0.292 e. The lowest BCUT2D eigenvalue weighted by atomic mass is 10.2. The van der Waals surface area contributed by atoms with E-state index in [1.165, 1.54) is 16.7 Å². The van der Waals surface area contributed by atoms with Gasteiger partial charge in [-0.2, -0.15) is 0 Å². The van der Waals surface area contributed by atoms with Crippen LogP contribution in [0.5, 0.6) is 0 Å². The van der Waals surface area contributed by atoms with Crippen LogP contribution < -0.4 is 11.3 Å². The molecule has 0 amide bonds. The topological polar surface area (TPSA) is 101 Å². The van der Waals surface area contributed by atoms with E-state index in [0.29, 0.717) is 6.54 Å². The van der Waals surface area contributed by atoms with Gasteiger partial charge in [-0.1, -0.05) is 19.8 Å². The van der Waals surface area contributed by atoms with Gasteiger partial charge >= 0.3 is 0 Å². The van der Waals surface area contributed by atoms with E-state index in [-0.39, 0.29) is 10.8 Å². The zero-order valence-electron chi connectivity index (χ0n) is 10.6. The van der Waals surface area contributed by atoms with E-state index < -0.39 is 10.0 Å². The van der Waals surface area contributed by atoms with Crippen molar-refractivity contribution >= 4 is 16.0 Å². The summed E-state index contributed by atoms with van der Waals surface area (Å²) in [5, 5.41) is 0. The second kappa shape index (κ2) is 6.62.